The van der Waals surface area contributed by atoms with Gasteiger partial charge in [0.2, 0.25) is 0 Å². The maximum Gasteiger partial charge on any atom is 0.255 e. The van der Waals surface area contributed by atoms with E-state index in [-0.39, 0.29) is 5.91 Å². The number of nitrogens with one attached hydrogen (secondary N) is 1. The van der Waals surface area contributed by atoms with Crippen molar-refractivity contribution in [1.82, 2.24) is 4.98 Å². The van der Waals surface area contributed by atoms with Crippen molar-refractivity contribution in [2.75, 3.05) is 35.3 Å². The molecule has 6 nitrogen and oxygen atoms in total. The number of carbonyl (C=O) groups excluding carboxylic acids is 1. The van der Waals surface area contributed by atoms with Gasteiger partial charge in [-0.05, 0) is 67.1 Å². The highest BCUT2D eigenvalue weighted by atomic mass is 16.5. The minimum atomic E-state index is -0.128. The summed E-state index contributed by atoms with van der Waals surface area (Å²) in [7, 11) is 1.61. The molecule has 1 aromatic heterocycles. The molecule has 5 rings (SSSR count). The first-order chi connectivity index (χ1) is 14.7. The van der Waals surface area contributed by atoms with Crippen LogP contribution in [0.5, 0.6) is 5.75 Å². The minimum Gasteiger partial charge on any atom is -0.497 e. The number of piperazine rings is 1. The first-order valence-electron chi connectivity index (χ1n) is 10.2. The van der Waals surface area contributed by atoms with Crippen molar-refractivity contribution < 1.29 is 9.53 Å². The summed E-state index contributed by atoms with van der Waals surface area (Å²) in [6.45, 7) is 2.00. The zero-order valence-corrected chi connectivity index (χ0v) is 16.9. The van der Waals surface area contributed by atoms with E-state index < -0.39 is 0 Å². The third-order valence-electron chi connectivity index (χ3n) is 5.99. The monoisotopic (exact) mass is 400 g/mol. The van der Waals surface area contributed by atoms with E-state index in [4.69, 9.17) is 4.74 Å². The highest BCUT2D eigenvalue weighted by Gasteiger charge is 2.43. The van der Waals surface area contributed by atoms with Crippen molar-refractivity contribution in [2.45, 2.75) is 18.5 Å². The lowest BCUT2D eigenvalue weighted by Crippen LogP contribution is -2.46. The van der Waals surface area contributed by atoms with Gasteiger partial charge in [0.1, 0.15) is 11.6 Å². The number of ether oxygens (including phenoxy) is 1. The summed E-state index contributed by atoms with van der Waals surface area (Å²) >= 11 is 0. The SMILES string of the molecule is COc1ccc(C(=O)Nc2ccc(N3CC4CC3CN4c3ccccn3)cc2)cc1. The summed E-state index contributed by atoms with van der Waals surface area (Å²) in [5.41, 5.74) is 2.59. The maximum atomic E-state index is 12.5. The van der Waals surface area contributed by atoms with Crippen LogP contribution >= 0.6 is 0 Å². The van der Waals surface area contributed by atoms with Crippen molar-refractivity contribution in [1.29, 1.82) is 0 Å². The fraction of sp³-hybridized carbons (Fsp3) is 0.250. The number of hydrogen-bond acceptors (Lipinski definition) is 5. The van der Waals surface area contributed by atoms with Crippen LogP contribution in [0.15, 0.2) is 72.9 Å². The molecule has 3 heterocycles. The highest BCUT2D eigenvalue weighted by molar-refractivity contribution is 6.04. The fourth-order valence-electron chi connectivity index (χ4n) is 4.47. The Labute approximate surface area is 176 Å². The number of carbonyl (C=O) groups is 1. The Balaban J connectivity index is 1.22. The highest BCUT2D eigenvalue weighted by Crippen LogP contribution is 2.36. The molecule has 1 amide bonds. The van der Waals surface area contributed by atoms with Gasteiger partial charge >= 0.3 is 0 Å². The van der Waals surface area contributed by atoms with Crippen LogP contribution in [0.1, 0.15) is 16.8 Å². The number of pyridine rings is 1. The number of amides is 1. The van der Waals surface area contributed by atoms with Crippen LogP contribution in [0.3, 0.4) is 0 Å². The largest absolute Gasteiger partial charge is 0.497 e. The Kier molecular flexibility index (Phi) is 4.75. The predicted octanol–water partition coefficient (Wildman–Crippen LogP) is 3.81. The van der Waals surface area contributed by atoms with Crippen LogP contribution < -0.4 is 19.9 Å². The van der Waals surface area contributed by atoms with E-state index in [1.54, 1.807) is 31.4 Å². The third-order valence-corrected chi connectivity index (χ3v) is 5.99. The van der Waals surface area contributed by atoms with Gasteiger partial charge < -0.3 is 19.9 Å². The second-order valence-electron chi connectivity index (χ2n) is 7.77. The Morgan fingerprint density at radius 2 is 1.70 bits per heavy atom. The molecule has 6 heteroatoms. The lowest BCUT2D eigenvalue weighted by molar-refractivity contribution is 0.102. The second-order valence-corrected chi connectivity index (χ2v) is 7.77. The fourth-order valence-corrected chi connectivity index (χ4v) is 4.47. The summed E-state index contributed by atoms with van der Waals surface area (Å²) in [4.78, 5) is 21.9. The lowest BCUT2D eigenvalue weighted by Gasteiger charge is -2.36. The number of benzene rings is 2. The molecule has 0 radical (unpaired) electrons. The molecule has 0 aliphatic carbocycles. The van der Waals surface area contributed by atoms with Gasteiger partial charge in [-0.1, -0.05) is 6.07 Å². The van der Waals surface area contributed by atoms with Gasteiger partial charge in [0, 0.05) is 42.3 Å². The molecule has 2 unspecified atom stereocenters. The first kappa shape index (κ1) is 18.5. The average molecular weight is 400 g/mol. The van der Waals surface area contributed by atoms with Crippen molar-refractivity contribution >= 4 is 23.1 Å². The van der Waals surface area contributed by atoms with E-state index in [0.29, 0.717) is 17.6 Å². The van der Waals surface area contributed by atoms with Crippen LogP contribution in [-0.2, 0) is 0 Å². The minimum absolute atomic E-state index is 0.128. The molecule has 2 fully saturated rings. The zero-order chi connectivity index (χ0) is 20.5. The molecule has 2 atom stereocenters. The second kappa shape index (κ2) is 7.71. The zero-order valence-electron chi connectivity index (χ0n) is 16.9. The summed E-state index contributed by atoms with van der Waals surface area (Å²) in [6, 6.07) is 22.3. The van der Waals surface area contributed by atoms with E-state index >= 15 is 0 Å². The molecule has 1 N–H and O–H groups in total. The Morgan fingerprint density at radius 1 is 0.967 bits per heavy atom. The van der Waals surface area contributed by atoms with Crippen LogP contribution in [-0.4, -0.2) is 43.2 Å². The van der Waals surface area contributed by atoms with Gasteiger partial charge in [0.15, 0.2) is 0 Å². The summed E-state index contributed by atoms with van der Waals surface area (Å²) in [5, 5.41) is 2.96. The Hall–Kier alpha value is -3.54. The van der Waals surface area contributed by atoms with E-state index in [9.17, 15) is 4.79 Å². The number of anilines is 3. The maximum absolute atomic E-state index is 12.5. The van der Waals surface area contributed by atoms with Crippen molar-refractivity contribution in [3.8, 4) is 5.75 Å². The lowest BCUT2D eigenvalue weighted by atomic mass is 10.2. The van der Waals surface area contributed by atoms with Gasteiger partial charge in [0.05, 0.1) is 13.2 Å². The quantitative estimate of drug-likeness (QED) is 0.706. The molecule has 3 aromatic rings. The predicted molar refractivity (Wildman–Crippen MR) is 119 cm³/mol. The molecular weight excluding hydrogens is 376 g/mol. The van der Waals surface area contributed by atoms with E-state index in [0.717, 1.165) is 36.8 Å². The van der Waals surface area contributed by atoms with Crippen molar-refractivity contribution in [3.63, 3.8) is 0 Å². The topological polar surface area (TPSA) is 57.7 Å². The number of nitrogens with zero attached hydrogens (tertiary/aromatic N) is 3. The van der Waals surface area contributed by atoms with Crippen molar-refractivity contribution in [3.05, 3.63) is 78.5 Å². The normalized spacial score (nSPS) is 19.8. The molecule has 0 saturated carbocycles. The van der Waals surface area contributed by atoms with Crippen LogP contribution in [0.2, 0.25) is 0 Å². The van der Waals surface area contributed by atoms with Gasteiger partial charge in [0.25, 0.3) is 5.91 Å². The Bertz CT molecular complexity index is 1020. The van der Waals surface area contributed by atoms with E-state index in [1.165, 1.54) is 5.69 Å². The summed E-state index contributed by atoms with van der Waals surface area (Å²) in [6.07, 6.45) is 3.02. The number of rotatable bonds is 5. The van der Waals surface area contributed by atoms with Crippen LogP contribution in [0, 0.1) is 0 Å². The van der Waals surface area contributed by atoms with E-state index in [1.807, 2.05) is 30.5 Å². The van der Waals surface area contributed by atoms with Crippen LogP contribution in [0.4, 0.5) is 17.2 Å². The van der Waals surface area contributed by atoms with Gasteiger partial charge in [-0.3, -0.25) is 4.79 Å². The van der Waals surface area contributed by atoms with Crippen molar-refractivity contribution in [2.24, 2.45) is 0 Å². The van der Waals surface area contributed by atoms with Gasteiger partial charge in [-0.15, -0.1) is 0 Å². The number of aromatic nitrogens is 1. The smallest absolute Gasteiger partial charge is 0.255 e. The number of methoxy groups -OCH3 is 1. The number of hydrogen-bond donors (Lipinski definition) is 1. The average Bonchev–Trinajstić information content (AvgIpc) is 3.41. The van der Waals surface area contributed by atoms with Gasteiger partial charge in [-0.2, -0.15) is 0 Å². The first-order valence-corrected chi connectivity index (χ1v) is 10.2. The molecule has 2 aliphatic rings. The molecule has 2 aliphatic heterocycles. The molecule has 152 valence electrons. The summed E-state index contributed by atoms with van der Waals surface area (Å²) in [5.74, 6) is 1.68. The van der Waals surface area contributed by atoms with Gasteiger partial charge in [-0.25, -0.2) is 4.98 Å². The summed E-state index contributed by atoms with van der Waals surface area (Å²) < 4.78 is 5.14. The molecule has 2 aromatic carbocycles. The molecule has 0 spiro atoms. The van der Waals surface area contributed by atoms with Crippen LogP contribution in [0.25, 0.3) is 0 Å². The molecular formula is C24H24N4O2. The Morgan fingerprint density at radius 3 is 2.33 bits per heavy atom. The molecule has 2 saturated heterocycles. The molecule has 30 heavy (non-hydrogen) atoms. The number of fused-ring (bicyclic) bond motifs is 2. The third kappa shape index (κ3) is 3.45. The van der Waals surface area contributed by atoms with E-state index in [2.05, 4.69) is 38.3 Å². The standard InChI is InChI=1S/C24H24N4O2/c1-30-22-11-5-17(6-12-22)24(29)26-18-7-9-19(10-8-18)27-15-21-14-20(27)16-28(21)23-4-2-3-13-25-23/h2-13,20-21H,14-16H2,1H3,(H,26,29). The molecule has 2 bridgehead atoms.